The lowest BCUT2D eigenvalue weighted by atomic mass is 9.63. The van der Waals surface area contributed by atoms with Crippen LogP contribution < -0.4 is 14.4 Å². The number of halogens is 1. The maximum absolute atomic E-state index is 13.6. The molecule has 0 spiro atoms. The van der Waals surface area contributed by atoms with Gasteiger partial charge in [0.25, 0.3) is 5.91 Å². The Morgan fingerprint density at radius 2 is 1.94 bits per heavy atom. The zero-order valence-corrected chi connectivity index (χ0v) is 32.3. The van der Waals surface area contributed by atoms with Crippen LogP contribution in [-0.2, 0) is 27.8 Å². The van der Waals surface area contributed by atoms with Gasteiger partial charge in [-0.15, -0.1) is 11.8 Å². The number of nitrogens with one attached hydrogen (secondary N) is 1. The summed E-state index contributed by atoms with van der Waals surface area (Å²) in [4.78, 5) is 23.2. The minimum absolute atomic E-state index is 0.219. The number of fused-ring (bicyclic) bond motifs is 4. The van der Waals surface area contributed by atoms with Crippen molar-refractivity contribution in [3.05, 3.63) is 70.3 Å². The van der Waals surface area contributed by atoms with E-state index in [1.807, 2.05) is 61.7 Å². The second kappa shape index (κ2) is 15.4. The van der Waals surface area contributed by atoms with Gasteiger partial charge in [-0.1, -0.05) is 36.7 Å². The van der Waals surface area contributed by atoms with E-state index in [9.17, 15) is 13.2 Å². The Hall–Kier alpha value is -2.57. The monoisotopic (exact) mass is 754 g/mol. The lowest BCUT2D eigenvalue weighted by Crippen LogP contribution is -2.58. The van der Waals surface area contributed by atoms with Gasteiger partial charge in [-0.3, -0.25) is 14.7 Å². The van der Waals surface area contributed by atoms with Crippen LogP contribution in [-0.4, -0.2) is 86.7 Å². The SMILES string of the molecule is CO[C@@]1(CN2CC[C@H]3N=CSC3C2)/C=C/C[C@H](C)[C@@H](C)S(=O)(=O)NC(=O)c2ccc3c(c2)N(CCCCc2cc(Cl)ccc2CO3)C[C@@H]2CC[C@H]21. The molecular formula is C39H51ClN4O5S2. The van der Waals surface area contributed by atoms with Crippen LogP contribution in [0.4, 0.5) is 5.69 Å². The van der Waals surface area contributed by atoms with Gasteiger partial charge in [0.15, 0.2) is 0 Å². The van der Waals surface area contributed by atoms with Gasteiger partial charge < -0.3 is 14.4 Å². The number of methoxy groups -OCH3 is 1. The highest BCUT2D eigenvalue weighted by Gasteiger charge is 2.49. The molecule has 2 bridgehead atoms. The normalized spacial score (nSPS) is 33.3. The first-order valence-electron chi connectivity index (χ1n) is 18.5. The molecule has 1 saturated carbocycles. The molecule has 7 atom stereocenters. The van der Waals surface area contributed by atoms with Crippen LogP contribution in [0.3, 0.4) is 0 Å². The predicted molar refractivity (Wildman–Crippen MR) is 207 cm³/mol. The lowest BCUT2D eigenvalue weighted by molar-refractivity contribution is -0.0931. The summed E-state index contributed by atoms with van der Waals surface area (Å²) < 4.78 is 42.7. The lowest BCUT2D eigenvalue weighted by Gasteiger charge is -2.52. The molecule has 1 amide bonds. The molecule has 12 heteroatoms. The van der Waals surface area contributed by atoms with Crippen LogP contribution in [0, 0.1) is 17.8 Å². The largest absolute Gasteiger partial charge is 0.487 e. The van der Waals surface area contributed by atoms with Crippen molar-refractivity contribution in [3.8, 4) is 5.75 Å². The number of piperidine rings is 1. The first-order chi connectivity index (χ1) is 24.5. The van der Waals surface area contributed by atoms with Crippen molar-refractivity contribution in [2.24, 2.45) is 22.7 Å². The fourth-order valence-corrected chi connectivity index (χ4v) is 11.1. The summed E-state index contributed by atoms with van der Waals surface area (Å²) in [7, 11) is -2.11. The Bertz CT molecular complexity index is 1770. The van der Waals surface area contributed by atoms with E-state index < -0.39 is 26.8 Å². The number of ether oxygens (including phenoxy) is 2. The Labute approximate surface area is 312 Å². The summed E-state index contributed by atoms with van der Waals surface area (Å²) in [6, 6.07) is 11.7. The van der Waals surface area contributed by atoms with Crippen molar-refractivity contribution < 1.29 is 22.7 Å². The third-order valence-corrected chi connectivity index (χ3v) is 15.3. The molecule has 1 N–H and O–H groups in total. The van der Waals surface area contributed by atoms with Crippen LogP contribution in [0.5, 0.6) is 5.75 Å². The smallest absolute Gasteiger partial charge is 0.264 e. The fraction of sp³-hybridized carbons (Fsp3) is 0.590. The van der Waals surface area contributed by atoms with Crippen LogP contribution in [0.25, 0.3) is 0 Å². The quantitative estimate of drug-likeness (QED) is 0.345. The number of hydrogen-bond donors (Lipinski definition) is 1. The molecule has 51 heavy (non-hydrogen) atoms. The standard InChI is InChI=1S/C39H51ClN4O5S2/c1-26-7-6-16-39(48-3,24-43-18-15-34-37(22-43)50-25-41-34)33-13-10-30(33)21-44-17-5-4-8-28-19-32(40)12-9-31(28)23-49-36-14-11-29(20-35(36)44)38(45)42-51(46,47)27(26)2/h6,9,11-12,14,16,19-20,25-27,30,33-34,37H,4-5,7-8,10,13,15,17-18,21-24H2,1-3H3,(H,42,45)/b16-6+/t26-,27+,30-,33+,34+,37?,39+/m0/s1. The van der Waals surface area contributed by atoms with Gasteiger partial charge in [0.2, 0.25) is 10.0 Å². The molecule has 4 aliphatic heterocycles. The molecule has 276 valence electrons. The minimum atomic E-state index is -3.95. The Kier molecular flexibility index (Phi) is 11.1. The van der Waals surface area contributed by atoms with Gasteiger partial charge in [-0.2, -0.15) is 0 Å². The molecule has 7 rings (SSSR count). The summed E-state index contributed by atoms with van der Waals surface area (Å²) in [5, 5.41) is 0.419. The van der Waals surface area contributed by atoms with Crippen molar-refractivity contribution in [2.45, 2.75) is 87.5 Å². The zero-order chi connectivity index (χ0) is 35.8. The number of amides is 1. The van der Waals surface area contributed by atoms with Gasteiger partial charge in [-0.05, 0) is 111 Å². The number of thioether (sulfide) groups is 1. The van der Waals surface area contributed by atoms with Crippen molar-refractivity contribution in [2.75, 3.05) is 44.7 Å². The van der Waals surface area contributed by atoms with E-state index in [2.05, 4.69) is 26.7 Å². The first kappa shape index (κ1) is 36.8. The number of benzene rings is 2. The molecule has 1 unspecified atom stereocenters. The summed E-state index contributed by atoms with van der Waals surface area (Å²) in [5.41, 5.74) is 4.89. The molecule has 9 nitrogen and oxygen atoms in total. The molecule has 0 aromatic heterocycles. The number of carbonyl (C=O) groups is 1. The molecule has 1 aliphatic carbocycles. The number of allylic oxidation sites excluding steroid dienone is 1. The summed E-state index contributed by atoms with van der Waals surface area (Å²) in [6.45, 7) is 8.29. The van der Waals surface area contributed by atoms with E-state index in [1.54, 1.807) is 13.0 Å². The number of aryl methyl sites for hydroxylation is 1. The number of sulfonamides is 1. The molecule has 2 aromatic carbocycles. The second-order valence-corrected chi connectivity index (χ2v) is 18.8. The zero-order valence-electron chi connectivity index (χ0n) is 29.9. The summed E-state index contributed by atoms with van der Waals surface area (Å²) >= 11 is 8.24. The van der Waals surface area contributed by atoms with Gasteiger partial charge in [0.05, 0.1) is 22.5 Å². The highest BCUT2D eigenvalue weighted by Crippen LogP contribution is 2.47. The number of nitrogens with zero attached hydrogens (tertiary/aromatic N) is 3. The van der Waals surface area contributed by atoms with Gasteiger partial charge in [0, 0.05) is 55.7 Å². The van der Waals surface area contributed by atoms with Crippen molar-refractivity contribution in [1.82, 2.24) is 9.62 Å². The van der Waals surface area contributed by atoms with E-state index in [0.29, 0.717) is 41.6 Å². The highest BCUT2D eigenvalue weighted by atomic mass is 35.5. The Morgan fingerprint density at radius 1 is 1.08 bits per heavy atom. The average Bonchev–Trinajstić information content (AvgIpc) is 3.56. The van der Waals surface area contributed by atoms with Crippen molar-refractivity contribution in [3.63, 3.8) is 0 Å². The topological polar surface area (TPSA) is 101 Å². The number of anilines is 1. The number of carbonyl (C=O) groups excluding carboxylic acids is 1. The van der Waals surface area contributed by atoms with E-state index in [-0.39, 0.29) is 11.8 Å². The van der Waals surface area contributed by atoms with Crippen LogP contribution >= 0.6 is 23.4 Å². The van der Waals surface area contributed by atoms with E-state index in [0.717, 1.165) is 87.5 Å². The molecular weight excluding hydrogens is 704 g/mol. The minimum Gasteiger partial charge on any atom is -0.487 e. The van der Waals surface area contributed by atoms with Gasteiger partial charge in [-0.25, -0.2) is 13.1 Å². The van der Waals surface area contributed by atoms with E-state index in [4.69, 9.17) is 26.1 Å². The first-order valence-corrected chi connectivity index (χ1v) is 21.4. The average molecular weight is 755 g/mol. The fourth-order valence-electron chi connectivity index (χ4n) is 8.59. The Morgan fingerprint density at radius 3 is 2.75 bits per heavy atom. The molecule has 0 radical (unpaired) electrons. The third-order valence-electron chi connectivity index (χ3n) is 12.1. The molecule has 4 heterocycles. The molecule has 2 aromatic rings. The number of aliphatic imine (C=N–C) groups is 1. The van der Waals surface area contributed by atoms with Gasteiger partial charge in [0.1, 0.15) is 18.0 Å². The van der Waals surface area contributed by atoms with E-state index >= 15 is 0 Å². The number of likely N-dealkylation sites (tertiary alicyclic amines) is 1. The van der Waals surface area contributed by atoms with Gasteiger partial charge >= 0.3 is 0 Å². The maximum atomic E-state index is 13.6. The highest BCUT2D eigenvalue weighted by molar-refractivity contribution is 8.13. The van der Waals surface area contributed by atoms with Crippen LogP contribution in [0.1, 0.15) is 73.9 Å². The molecule has 1 saturated heterocycles. The van der Waals surface area contributed by atoms with Crippen molar-refractivity contribution >= 4 is 50.5 Å². The van der Waals surface area contributed by atoms with E-state index in [1.165, 1.54) is 5.56 Å². The van der Waals surface area contributed by atoms with Crippen LogP contribution in [0.2, 0.25) is 5.02 Å². The number of rotatable bonds is 3. The molecule has 2 fully saturated rings. The molecule has 5 aliphatic rings. The maximum Gasteiger partial charge on any atom is 0.264 e. The second-order valence-electron chi connectivity index (χ2n) is 15.2. The van der Waals surface area contributed by atoms with Crippen molar-refractivity contribution in [1.29, 1.82) is 0 Å². The summed E-state index contributed by atoms with van der Waals surface area (Å²) in [6.07, 6.45) is 10.9. The number of hydrogen-bond acceptors (Lipinski definition) is 9. The summed E-state index contributed by atoms with van der Waals surface area (Å²) in [5.74, 6) is 0.459. The third kappa shape index (κ3) is 7.88. The van der Waals surface area contributed by atoms with Crippen LogP contribution in [0.15, 0.2) is 53.5 Å². The predicted octanol–water partition coefficient (Wildman–Crippen LogP) is 6.74. The Balaban J connectivity index is 1.26.